The van der Waals surface area contributed by atoms with E-state index in [9.17, 15) is 18.8 Å². The molecule has 0 aliphatic rings. The van der Waals surface area contributed by atoms with Crippen molar-refractivity contribution in [3.63, 3.8) is 0 Å². The van der Waals surface area contributed by atoms with Crippen molar-refractivity contribution >= 4 is 17.9 Å². The molecule has 0 radical (unpaired) electrons. The van der Waals surface area contributed by atoms with Crippen LogP contribution in [0.1, 0.15) is 40.5 Å². The summed E-state index contributed by atoms with van der Waals surface area (Å²) < 4.78 is 30.7. The summed E-state index contributed by atoms with van der Waals surface area (Å²) in [5, 5.41) is 0. The average Bonchev–Trinajstić information content (AvgIpc) is 2.44. The van der Waals surface area contributed by atoms with Gasteiger partial charge >= 0.3 is 17.9 Å². The Kier molecular flexibility index (Phi) is 9.32. The van der Waals surface area contributed by atoms with E-state index in [1.165, 1.54) is 6.92 Å². The van der Waals surface area contributed by atoms with Crippen molar-refractivity contribution in [3.8, 4) is 0 Å². The molecule has 8 heteroatoms. The van der Waals surface area contributed by atoms with Crippen LogP contribution in [0.2, 0.25) is 0 Å². The number of halogens is 1. The van der Waals surface area contributed by atoms with Crippen molar-refractivity contribution < 1.29 is 37.7 Å². The van der Waals surface area contributed by atoms with Crippen LogP contribution in [0.25, 0.3) is 0 Å². The molecule has 0 N–H and O–H groups in total. The fourth-order valence-corrected chi connectivity index (χ4v) is 1.13. The average molecular weight is 322 g/mol. The van der Waals surface area contributed by atoms with Crippen LogP contribution in [0, 0.1) is 5.41 Å². The van der Waals surface area contributed by atoms with Gasteiger partial charge in [-0.05, 0) is 27.2 Å². The molecule has 1 atom stereocenters. The predicted octanol–water partition coefficient (Wildman–Crippen LogP) is 1.73. The topological polar surface area (TPSA) is 88.1 Å². The maximum Gasteiger partial charge on any atom is 0.320 e. The lowest BCUT2D eigenvalue weighted by atomic mass is 9.91. The van der Waals surface area contributed by atoms with Gasteiger partial charge in [-0.15, -0.1) is 0 Å². The summed E-state index contributed by atoms with van der Waals surface area (Å²) in [5.41, 5.74) is -0.672. The van der Waals surface area contributed by atoms with Gasteiger partial charge < -0.3 is 18.9 Å². The lowest BCUT2D eigenvalue weighted by molar-refractivity contribution is -0.182. The summed E-state index contributed by atoms with van der Waals surface area (Å²) >= 11 is 0. The van der Waals surface area contributed by atoms with Crippen LogP contribution < -0.4 is 0 Å². The van der Waals surface area contributed by atoms with E-state index >= 15 is 0 Å². The molecule has 0 amide bonds. The summed E-state index contributed by atoms with van der Waals surface area (Å²) in [7, 11) is 0. The third-order valence-electron chi connectivity index (χ3n) is 2.86. The van der Waals surface area contributed by atoms with Gasteiger partial charge in [0.15, 0.2) is 6.29 Å². The van der Waals surface area contributed by atoms with Crippen LogP contribution in [0.15, 0.2) is 0 Å². The summed E-state index contributed by atoms with van der Waals surface area (Å²) in [6.07, 6.45) is -1.04. The molecule has 128 valence electrons. The third kappa shape index (κ3) is 8.56. The molecule has 0 saturated carbocycles. The van der Waals surface area contributed by atoms with Crippen molar-refractivity contribution in [1.29, 1.82) is 0 Å². The Morgan fingerprint density at radius 1 is 1.14 bits per heavy atom. The maximum absolute atomic E-state index is 11.8. The summed E-state index contributed by atoms with van der Waals surface area (Å²) in [6, 6.07) is 0. The van der Waals surface area contributed by atoms with Crippen molar-refractivity contribution in [2.45, 2.75) is 46.8 Å². The Labute approximate surface area is 129 Å². The molecule has 1 unspecified atom stereocenters. The monoisotopic (exact) mass is 322 g/mol. The Balaban J connectivity index is 3.95. The molecule has 0 aromatic heterocycles. The highest BCUT2D eigenvalue weighted by Crippen LogP contribution is 2.21. The molecule has 0 fully saturated rings. The molecule has 0 rings (SSSR count). The van der Waals surface area contributed by atoms with Gasteiger partial charge in [-0.3, -0.25) is 14.4 Å². The second kappa shape index (κ2) is 10.1. The summed E-state index contributed by atoms with van der Waals surface area (Å²) in [4.78, 5) is 34.3. The number of esters is 3. The molecule has 7 nitrogen and oxygen atoms in total. The van der Waals surface area contributed by atoms with E-state index in [0.29, 0.717) is 6.42 Å². The Morgan fingerprint density at radius 2 is 1.77 bits per heavy atom. The van der Waals surface area contributed by atoms with Crippen LogP contribution in [0.3, 0.4) is 0 Å². The summed E-state index contributed by atoms with van der Waals surface area (Å²) in [6.45, 7) is 5.15. The highest BCUT2D eigenvalue weighted by molar-refractivity contribution is 5.91. The van der Waals surface area contributed by atoms with Gasteiger partial charge in [-0.25, -0.2) is 4.39 Å². The quantitative estimate of drug-likeness (QED) is 0.344. The number of carbonyl (C=O) groups is 3. The molecule has 0 heterocycles. The van der Waals surface area contributed by atoms with Crippen molar-refractivity contribution in [2.24, 2.45) is 5.41 Å². The number of hydrogen-bond acceptors (Lipinski definition) is 7. The zero-order valence-corrected chi connectivity index (χ0v) is 13.3. The molecular formula is C14H23FO7. The Bertz CT molecular complexity index is 381. The van der Waals surface area contributed by atoms with Crippen molar-refractivity contribution in [2.75, 3.05) is 20.1 Å². The number of hydrogen-bond donors (Lipinski definition) is 0. The molecule has 0 aliphatic carbocycles. The van der Waals surface area contributed by atoms with Gasteiger partial charge in [0.05, 0.1) is 12.0 Å². The van der Waals surface area contributed by atoms with E-state index in [4.69, 9.17) is 9.47 Å². The first-order chi connectivity index (χ1) is 10.2. The van der Waals surface area contributed by atoms with Gasteiger partial charge in [0.1, 0.15) is 13.1 Å². The third-order valence-corrected chi connectivity index (χ3v) is 2.86. The molecule has 22 heavy (non-hydrogen) atoms. The van der Waals surface area contributed by atoms with Gasteiger partial charge in [-0.1, -0.05) is 6.92 Å². The first-order valence-corrected chi connectivity index (χ1v) is 6.92. The molecule has 0 aromatic carbocycles. The largest absolute Gasteiger partial charge is 0.436 e. The maximum atomic E-state index is 11.8. The first kappa shape index (κ1) is 20.3. The van der Waals surface area contributed by atoms with Crippen LogP contribution in [0.4, 0.5) is 4.39 Å². The fraction of sp³-hybridized carbons (Fsp3) is 0.786. The summed E-state index contributed by atoms with van der Waals surface area (Å²) in [5.74, 6) is -2.28. The van der Waals surface area contributed by atoms with Crippen molar-refractivity contribution in [3.05, 3.63) is 0 Å². The zero-order chi connectivity index (χ0) is 17.2. The molecule has 0 aromatic rings. The Morgan fingerprint density at radius 3 is 2.32 bits per heavy atom. The second-order valence-electron chi connectivity index (χ2n) is 5.10. The number of alkyl halides is 1. The first-order valence-electron chi connectivity index (χ1n) is 6.92. The SMILES string of the molecule is CCC(C)(C)C(=O)OCOC(=O)CC(=O)OC(C)OCCF. The van der Waals surface area contributed by atoms with Crippen LogP contribution >= 0.6 is 0 Å². The molecular weight excluding hydrogens is 299 g/mol. The molecule has 0 bridgehead atoms. The predicted molar refractivity (Wildman–Crippen MR) is 73.2 cm³/mol. The second-order valence-corrected chi connectivity index (χ2v) is 5.10. The normalized spacial score (nSPS) is 12.4. The minimum absolute atomic E-state index is 0.206. The van der Waals surface area contributed by atoms with Gasteiger partial charge in [0.2, 0.25) is 6.79 Å². The van der Waals surface area contributed by atoms with Crippen LogP contribution in [-0.4, -0.2) is 44.3 Å². The minimum atomic E-state index is -0.959. The van der Waals surface area contributed by atoms with Gasteiger partial charge in [0, 0.05) is 0 Å². The van der Waals surface area contributed by atoms with Gasteiger partial charge in [0.25, 0.3) is 0 Å². The van der Waals surface area contributed by atoms with E-state index in [-0.39, 0.29) is 6.61 Å². The molecule has 0 saturated heterocycles. The van der Waals surface area contributed by atoms with E-state index < -0.39 is 49.5 Å². The Hall–Kier alpha value is -1.70. The number of rotatable bonds is 10. The van der Waals surface area contributed by atoms with Crippen LogP contribution in [-0.2, 0) is 33.3 Å². The van der Waals surface area contributed by atoms with Crippen molar-refractivity contribution in [1.82, 2.24) is 0 Å². The molecule has 0 aliphatic heterocycles. The smallest absolute Gasteiger partial charge is 0.320 e. The highest BCUT2D eigenvalue weighted by Gasteiger charge is 2.27. The van der Waals surface area contributed by atoms with Gasteiger partial charge in [-0.2, -0.15) is 0 Å². The van der Waals surface area contributed by atoms with E-state index in [0.717, 1.165) is 0 Å². The number of ether oxygens (including phenoxy) is 4. The van der Waals surface area contributed by atoms with Crippen LogP contribution in [0.5, 0.6) is 0 Å². The standard InChI is InChI=1S/C14H23FO7/c1-5-14(3,4)13(18)21-9-20-11(16)8-12(17)22-10(2)19-7-6-15/h10H,5-9H2,1-4H3. The van der Waals surface area contributed by atoms with E-state index in [1.807, 2.05) is 6.92 Å². The zero-order valence-electron chi connectivity index (χ0n) is 13.3. The fourth-order valence-electron chi connectivity index (χ4n) is 1.13. The molecule has 0 spiro atoms. The number of carbonyl (C=O) groups excluding carboxylic acids is 3. The highest BCUT2D eigenvalue weighted by atomic mass is 19.1. The van der Waals surface area contributed by atoms with E-state index in [1.54, 1.807) is 13.8 Å². The van der Waals surface area contributed by atoms with E-state index in [2.05, 4.69) is 9.47 Å². The lowest BCUT2D eigenvalue weighted by Gasteiger charge is -2.19. The lowest BCUT2D eigenvalue weighted by Crippen LogP contribution is -2.27. The minimum Gasteiger partial charge on any atom is -0.436 e.